The zero-order valence-electron chi connectivity index (χ0n) is 49.3. The number of aromatic hydroxyl groups is 4. The van der Waals surface area contributed by atoms with Crippen LogP contribution in [0.15, 0.2) is 146 Å². The first-order chi connectivity index (χ1) is 40.7. The summed E-state index contributed by atoms with van der Waals surface area (Å²) < 4.78 is 27.8. The van der Waals surface area contributed by atoms with E-state index in [-0.39, 0.29) is 74.1 Å². The normalized spacial score (nSPS) is 21.1. The van der Waals surface area contributed by atoms with Crippen molar-refractivity contribution < 1.29 is 39.4 Å². The number of hydrogen-bond acceptors (Lipinski definition) is 12. The summed E-state index contributed by atoms with van der Waals surface area (Å²) in [6, 6.07) is 49.6. The van der Waals surface area contributed by atoms with Crippen molar-refractivity contribution >= 4 is 0 Å². The Morgan fingerprint density at radius 1 is 0.310 bits per heavy atom. The van der Waals surface area contributed by atoms with Crippen LogP contribution < -0.4 is 18.9 Å². The van der Waals surface area contributed by atoms with Gasteiger partial charge in [-0.25, -0.2) is 0 Å². The summed E-state index contributed by atoms with van der Waals surface area (Å²) in [7, 11) is 0. The van der Waals surface area contributed by atoms with Crippen molar-refractivity contribution in [2.45, 2.75) is 129 Å². The molecule has 12 nitrogen and oxygen atoms in total. The van der Waals surface area contributed by atoms with Crippen LogP contribution in [0.25, 0.3) is 0 Å². The topological polar surface area (TPSA) is 131 Å². The second kappa shape index (κ2) is 22.2. The highest BCUT2D eigenvalue weighted by atomic mass is 16.5. The van der Waals surface area contributed by atoms with Crippen molar-refractivity contribution in [3.05, 3.63) is 235 Å². The van der Waals surface area contributed by atoms with Gasteiger partial charge in [0.05, 0.1) is 22.3 Å². The van der Waals surface area contributed by atoms with Gasteiger partial charge in [0.2, 0.25) is 0 Å². The Kier molecular flexibility index (Phi) is 14.6. The van der Waals surface area contributed by atoms with E-state index in [9.17, 15) is 20.4 Å². The van der Waals surface area contributed by atoms with Crippen LogP contribution in [-0.4, -0.2) is 66.9 Å². The van der Waals surface area contributed by atoms with Crippen LogP contribution in [-0.2, 0) is 26.2 Å². The fourth-order valence-electron chi connectivity index (χ4n) is 13.9. The van der Waals surface area contributed by atoms with E-state index in [4.69, 9.17) is 18.9 Å². The van der Waals surface area contributed by atoms with Gasteiger partial charge in [-0.1, -0.05) is 149 Å². The third kappa shape index (κ3) is 9.48. The van der Waals surface area contributed by atoms with E-state index in [2.05, 4.69) is 148 Å². The van der Waals surface area contributed by atoms with E-state index in [1.165, 1.54) is 0 Å². The number of phenols is 4. The standard InChI is InChI=1S/C72H76N4O8/c1-41-53-29-58(70-61(65(53)77)33-73(38-82-70)45(5)49-21-13-9-14-22-49)43(3)55-31-60(72-63(67(55)79)35-75(40-84-72)47(7)51-25-17-11-18-26-51)44(4)56-32-59(71-64(68(56)80)36-76(39-83-71)48(8)52-27-19-12-20-28-52)42(2)54-30-57(41)69-62(66(54)78)34-74(37-81-69)46(6)50-23-15-10-16-24-50/h9-32,41-48,77-80H,33-40H2,1-8H3. The number of nitrogens with zero attached hydrogens (tertiary/aromatic N) is 4. The van der Waals surface area contributed by atoms with E-state index >= 15 is 0 Å². The fourth-order valence-corrected chi connectivity index (χ4v) is 13.9. The SMILES string of the molecule is CC1c2cc(c3c(c2O)CN(C(C)c2ccccc2)CO3)C(C)c2cc(c3c(c2O)CN(C(C)c2ccccc2)CO3)C(C)c2cc(c3c(c2O)CN(C(C)c2ccccc2)CO3)C(C)c2cc1c1c(c2O)CN(C(C)c2ccccc2)CO1. The van der Waals surface area contributed by atoms with Crippen LogP contribution in [0.1, 0.15) is 192 Å². The average molecular weight is 1130 g/mol. The Hall–Kier alpha value is -8.00. The Morgan fingerprint density at radius 3 is 0.690 bits per heavy atom. The van der Waals surface area contributed by atoms with Gasteiger partial charge in [-0.15, -0.1) is 0 Å². The molecule has 0 spiro atoms. The Balaban J connectivity index is 1.04. The summed E-state index contributed by atoms with van der Waals surface area (Å²) >= 11 is 0. The summed E-state index contributed by atoms with van der Waals surface area (Å²) in [6.45, 7) is 19.8. The van der Waals surface area contributed by atoms with Crippen LogP contribution in [0, 0.1) is 0 Å². The monoisotopic (exact) mass is 1120 g/mol. The zero-order valence-corrected chi connectivity index (χ0v) is 49.3. The molecule has 4 heterocycles. The number of phenolic OH excluding ortho intramolecular Hbond substituents is 4. The molecule has 12 heteroatoms. The van der Waals surface area contributed by atoms with Gasteiger partial charge in [0.25, 0.3) is 0 Å². The van der Waals surface area contributed by atoms with Gasteiger partial charge in [-0.05, 0) is 74.2 Å². The highest BCUT2D eigenvalue weighted by Gasteiger charge is 2.40. The molecule has 8 bridgehead atoms. The first kappa shape index (κ1) is 55.2. The molecule has 8 aromatic rings. The van der Waals surface area contributed by atoms with Crippen molar-refractivity contribution in [3.63, 3.8) is 0 Å². The number of ether oxygens (including phenoxy) is 4. The highest BCUT2D eigenvalue weighted by Crippen LogP contribution is 2.56. The molecule has 8 unspecified atom stereocenters. The van der Waals surface area contributed by atoms with Gasteiger partial charge in [-0.2, -0.15) is 0 Å². The van der Waals surface area contributed by atoms with E-state index in [0.29, 0.717) is 93.7 Å². The van der Waals surface area contributed by atoms with Crippen molar-refractivity contribution in [2.24, 2.45) is 0 Å². The Morgan fingerprint density at radius 2 is 0.500 bits per heavy atom. The second-order valence-corrected chi connectivity index (χ2v) is 24.2. The average Bonchev–Trinajstić information content (AvgIpc) is 3.70. The number of rotatable bonds is 8. The van der Waals surface area contributed by atoms with Gasteiger partial charge in [0, 0.05) is 119 Å². The van der Waals surface area contributed by atoms with Gasteiger partial charge in [0.1, 0.15) is 72.9 Å². The second-order valence-electron chi connectivity index (χ2n) is 24.2. The summed E-state index contributed by atoms with van der Waals surface area (Å²) in [4.78, 5) is 8.95. The summed E-state index contributed by atoms with van der Waals surface area (Å²) in [5.41, 5.74) is 13.2. The fraction of sp³-hybridized carbons (Fsp3) is 0.333. The van der Waals surface area contributed by atoms with Gasteiger partial charge in [-0.3, -0.25) is 19.6 Å². The molecule has 4 aliphatic heterocycles. The minimum atomic E-state index is -0.489. The molecule has 0 aromatic heterocycles. The molecule has 0 saturated heterocycles. The molecule has 5 aliphatic rings. The smallest absolute Gasteiger partial charge is 0.142 e. The highest BCUT2D eigenvalue weighted by molar-refractivity contribution is 5.68. The predicted molar refractivity (Wildman–Crippen MR) is 326 cm³/mol. The van der Waals surface area contributed by atoms with Crippen LogP contribution in [0.5, 0.6) is 46.0 Å². The van der Waals surface area contributed by atoms with E-state index in [0.717, 1.165) is 44.5 Å². The molecule has 4 N–H and O–H groups in total. The van der Waals surface area contributed by atoms with Crippen molar-refractivity contribution in [1.82, 2.24) is 19.6 Å². The summed E-state index contributed by atoms with van der Waals surface area (Å²) in [5.74, 6) is 0.934. The Bertz CT molecular complexity index is 3280. The van der Waals surface area contributed by atoms with Gasteiger partial charge in [0.15, 0.2) is 0 Å². The molecule has 1 aliphatic carbocycles. The largest absolute Gasteiger partial charge is 0.507 e. The van der Waals surface area contributed by atoms with E-state index in [1.54, 1.807) is 0 Å². The first-order valence-electron chi connectivity index (χ1n) is 29.9. The lowest BCUT2D eigenvalue weighted by Crippen LogP contribution is -2.35. The molecular weight excluding hydrogens is 1050 g/mol. The summed E-state index contributed by atoms with van der Waals surface area (Å²) in [6.07, 6.45) is 0. The predicted octanol–water partition coefficient (Wildman–Crippen LogP) is 15.1. The molecule has 84 heavy (non-hydrogen) atoms. The van der Waals surface area contributed by atoms with E-state index < -0.39 is 23.7 Å². The maximum Gasteiger partial charge on any atom is 0.142 e. The molecule has 13 rings (SSSR count). The lowest BCUT2D eigenvalue weighted by atomic mass is 9.78. The minimum Gasteiger partial charge on any atom is -0.507 e. The molecule has 8 atom stereocenters. The zero-order chi connectivity index (χ0) is 58.2. The lowest BCUT2D eigenvalue weighted by molar-refractivity contribution is 0.0584. The van der Waals surface area contributed by atoms with Crippen molar-refractivity contribution in [1.29, 1.82) is 0 Å². The summed E-state index contributed by atoms with van der Waals surface area (Å²) in [5, 5.41) is 52.5. The molecule has 8 aromatic carbocycles. The Labute approximate surface area is 493 Å². The van der Waals surface area contributed by atoms with Gasteiger partial charge >= 0.3 is 0 Å². The van der Waals surface area contributed by atoms with Crippen LogP contribution >= 0.6 is 0 Å². The molecule has 432 valence electrons. The van der Waals surface area contributed by atoms with Crippen molar-refractivity contribution in [3.8, 4) is 46.0 Å². The number of fused-ring (bicyclic) bond motifs is 16. The van der Waals surface area contributed by atoms with Crippen LogP contribution in [0.3, 0.4) is 0 Å². The van der Waals surface area contributed by atoms with E-state index in [1.807, 2.05) is 72.8 Å². The van der Waals surface area contributed by atoms with Gasteiger partial charge < -0.3 is 39.4 Å². The molecule has 0 radical (unpaired) electrons. The quantitative estimate of drug-likeness (QED) is 0.116. The van der Waals surface area contributed by atoms with Crippen LogP contribution in [0.4, 0.5) is 0 Å². The lowest BCUT2D eigenvalue weighted by Gasteiger charge is -2.39. The number of benzene rings is 8. The first-order valence-corrected chi connectivity index (χ1v) is 29.9. The number of hydrogen-bond donors (Lipinski definition) is 4. The van der Waals surface area contributed by atoms with Crippen molar-refractivity contribution in [2.75, 3.05) is 26.9 Å². The third-order valence-electron chi connectivity index (χ3n) is 19.6. The molecule has 0 fully saturated rings. The molecular formula is C72H76N4O8. The third-order valence-corrected chi connectivity index (χ3v) is 19.6. The maximum atomic E-state index is 13.1. The molecule has 0 saturated carbocycles. The van der Waals surface area contributed by atoms with Crippen LogP contribution in [0.2, 0.25) is 0 Å². The minimum absolute atomic E-state index is 0.0393. The molecule has 0 amide bonds. The maximum absolute atomic E-state index is 13.1.